The molecule has 2 heterocycles. The van der Waals surface area contributed by atoms with Crippen LogP contribution in [0.15, 0.2) is 30.6 Å². The number of carbonyl (C=O) groups is 1. The molecular formula is C22H27ClFN5O. The van der Waals surface area contributed by atoms with E-state index in [4.69, 9.17) is 17.3 Å². The highest BCUT2D eigenvalue weighted by molar-refractivity contribution is 6.30. The SMILES string of the molecule is CC1CCc2ncnc(N3CCN(C(=O)C(CN)C(F)c4ccc(Cl)cc4)CC3)c21. The Kier molecular flexibility index (Phi) is 6.20. The maximum Gasteiger partial charge on any atom is 0.230 e. The van der Waals surface area contributed by atoms with Gasteiger partial charge in [0.1, 0.15) is 18.3 Å². The number of aromatic nitrogens is 2. The molecule has 0 radical (unpaired) electrons. The molecule has 1 aliphatic carbocycles. The molecule has 2 aliphatic rings. The topological polar surface area (TPSA) is 75.4 Å². The molecule has 1 fully saturated rings. The third-order valence-electron chi connectivity index (χ3n) is 6.26. The first kappa shape index (κ1) is 21.0. The maximum atomic E-state index is 15.1. The summed E-state index contributed by atoms with van der Waals surface area (Å²) in [5.74, 6) is 0.295. The Morgan fingerprint density at radius 1 is 1.23 bits per heavy atom. The number of aryl methyl sites for hydroxylation is 1. The fraction of sp³-hybridized carbons (Fsp3) is 0.500. The van der Waals surface area contributed by atoms with Crippen LogP contribution in [0.5, 0.6) is 0 Å². The van der Waals surface area contributed by atoms with Gasteiger partial charge in [0, 0.05) is 49.0 Å². The van der Waals surface area contributed by atoms with E-state index in [0.29, 0.717) is 42.7 Å². The van der Waals surface area contributed by atoms with Crippen LogP contribution in [0, 0.1) is 5.92 Å². The molecule has 1 amide bonds. The first-order chi connectivity index (χ1) is 14.5. The molecular weight excluding hydrogens is 405 g/mol. The van der Waals surface area contributed by atoms with E-state index in [2.05, 4.69) is 21.8 Å². The van der Waals surface area contributed by atoms with E-state index in [1.807, 2.05) is 0 Å². The van der Waals surface area contributed by atoms with Crippen molar-refractivity contribution in [1.29, 1.82) is 0 Å². The molecule has 0 bridgehead atoms. The molecule has 1 aromatic carbocycles. The fourth-order valence-electron chi connectivity index (χ4n) is 4.47. The quantitative estimate of drug-likeness (QED) is 0.787. The van der Waals surface area contributed by atoms with Crippen molar-refractivity contribution in [3.05, 3.63) is 52.4 Å². The standard InChI is InChI=1S/C22H27ClFN5O/c1-14-2-7-18-19(14)21(27-13-26-18)28-8-10-29(11-9-28)22(30)17(12-25)20(24)15-3-5-16(23)6-4-15/h3-6,13-14,17,20H,2,7-12,25H2,1H3. The number of halogens is 2. The van der Waals surface area contributed by atoms with E-state index in [-0.39, 0.29) is 12.5 Å². The number of piperazine rings is 1. The zero-order valence-electron chi connectivity index (χ0n) is 17.1. The molecule has 2 N–H and O–H groups in total. The summed E-state index contributed by atoms with van der Waals surface area (Å²) in [4.78, 5) is 25.9. The van der Waals surface area contributed by atoms with E-state index < -0.39 is 12.1 Å². The van der Waals surface area contributed by atoms with Gasteiger partial charge >= 0.3 is 0 Å². The van der Waals surface area contributed by atoms with Gasteiger partial charge in [-0.15, -0.1) is 0 Å². The maximum absolute atomic E-state index is 15.1. The minimum atomic E-state index is -1.45. The van der Waals surface area contributed by atoms with Gasteiger partial charge in [0.15, 0.2) is 0 Å². The van der Waals surface area contributed by atoms with Gasteiger partial charge in [-0.25, -0.2) is 14.4 Å². The molecule has 2 aromatic rings. The number of anilines is 1. The van der Waals surface area contributed by atoms with Gasteiger partial charge in [0.2, 0.25) is 5.91 Å². The molecule has 3 unspecified atom stereocenters. The lowest BCUT2D eigenvalue weighted by molar-refractivity contribution is -0.137. The second kappa shape index (κ2) is 8.86. The van der Waals surface area contributed by atoms with Crippen LogP contribution in [0.1, 0.15) is 42.3 Å². The van der Waals surface area contributed by atoms with E-state index in [1.54, 1.807) is 35.5 Å². The molecule has 4 rings (SSSR count). The number of nitrogens with zero attached hydrogens (tertiary/aromatic N) is 4. The lowest BCUT2D eigenvalue weighted by Gasteiger charge is -2.38. The van der Waals surface area contributed by atoms with Gasteiger partial charge in [-0.05, 0) is 36.5 Å². The molecule has 8 heteroatoms. The summed E-state index contributed by atoms with van der Waals surface area (Å²) >= 11 is 5.89. The number of fused-ring (bicyclic) bond motifs is 1. The Labute approximate surface area is 181 Å². The van der Waals surface area contributed by atoms with Crippen LogP contribution >= 0.6 is 11.6 Å². The Morgan fingerprint density at radius 3 is 2.60 bits per heavy atom. The molecule has 0 spiro atoms. The van der Waals surface area contributed by atoms with Crippen LogP contribution in [0.3, 0.4) is 0 Å². The van der Waals surface area contributed by atoms with Crippen molar-refractivity contribution in [2.24, 2.45) is 11.7 Å². The summed E-state index contributed by atoms with van der Waals surface area (Å²) < 4.78 is 15.1. The van der Waals surface area contributed by atoms with Crippen LogP contribution in [0.25, 0.3) is 0 Å². The number of benzene rings is 1. The Bertz CT molecular complexity index is 901. The molecule has 6 nitrogen and oxygen atoms in total. The molecule has 30 heavy (non-hydrogen) atoms. The van der Waals surface area contributed by atoms with Gasteiger partial charge in [-0.2, -0.15) is 0 Å². The summed E-state index contributed by atoms with van der Waals surface area (Å²) in [7, 11) is 0. The van der Waals surface area contributed by atoms with Crippen molar-refractivity contribution >= 4 is 23.3 Å². The minimum Gasteiger partial charge on any atom is -0.353 e. The molecule has 1 saturated heterocycles. The second-order valence-corrected chi connectivity index (χ2v) is 8.54. The number of carbonyl (C=O) groups excluding carboxylic acids is 1. The summed E-state index contributed by atoms with van der Waals surface area (Å²) in [6.07, 6.45) is 2.27. The highest BCUT2D eigenvalue weighted by atomic mass is 35.5. The van der Waals surface area contributed by atoms with Crippen molar-refractivity contribution in [3.8, 4) is 0 Å². The van der Waals surface area contributed by atoms with Crippen molar-refractivity contribution in [2.45, 2.75) is 31.9 Å². The van der Waals surface area contributed by atoms with Crippen LogP contribution < -0.4 is 10.6 Å². The van der Waals surface area contributed by atoms with Crippen molar-refractivity contribution in [2.75, 3.05) is 37.6 Å². The molecule has 1 aromatic heterocycles. The number of rotatable bonds is 5. The normalized spacial score (nSPS) is 20.7. The summed E-state index contributed by atoms with van der Waals surface area (Å²) in [5, 5.41) is 0.531. The number of hydrogen-bond acceptors (Lipinski definition) is 5. The number of hydrogen-bond donors (Lipinski definition) is 1. The van der Waals surface area contributed by atoms with Crippen LogP contribution in [0.4, 0.5) is 10.2 Å². The number of alkyl halides is 1. The second-order valence-electron chi connectivity index (χ2n) is 8.11. The molecule has 1 aliphatic heterocycles. The summed E-state index contributed by atoms with van der Waals surface area (Å²) in [5.41, 5.74) is 8.60. The van der Waals surface area contributed by atoms with Gasteiger partial charge in [-0.3, -0.25) is 4.79 Å². The molecule has 3 atom stereocenters. The van der Waals surface area contributed by atoms with E-state index in [9.17, 15) is 4.79 Å². The van der Waals surface area contributed by atoms with Gasteiger partial charge in [0.25, 0.3) is 0 Å². The van der Waals surface area contributed by atoms with Gasteiger partial charge < -0.3 is 15.5 Å². The Hall–Kier alpha value is -2.25. The predicted octanol–water partition coefficient (Wildman–Crippen LogP) is 3.11. The number of amides is 1. The van der Waals surface area contributed by atoms with Crippen LogP contribution in [-0.2, 0) is 11.2 Å². The Balaban J connectivity index is 1.43. The third-order valence-corrected chi connectivity index (χ3v) is 6.51. The smallest absolute Gasteiger partial charge is 0.230 e. The lowest BCUT2D eigenvalue weighted by Crippen LogP contribution is -2.52. The highest BCUT2D eigenvalue weighted by Crippen LogP contribution is 2.37. The third kappa shape index (κ3) is 4.01. The number of nitrogens with two attached hydrogens (primary N) is 1. The summed E-state index contributed by atoms with van der Waals surface area (Å²) in [6.45, 7) is 4.54. The first-order valence-electron chi connectivity index (χ1n) is 10.5. The molecule has 0 saturated carbocycles. The average molecular weight is 432 g/mol. The van der Waals surface area contributed by atoms with E-state index >= 15 is 4.39 Å². The molecule has 160 valence electrons. The van der Waals surface area contributed by atoms with Gasteiger partial charge in [0.05, 0.1) is 5.92 Å². The largest absolute Gasteiger partial charge is 0.353 e. The first-order valence-corrected chi connectivity index (χ1v) is 10.8. The van der Waals surface area contributed by atoms with Crippen molar-refractivity contribution in [1.82, 2.24) is 14.9 Å². The van der Waals surface area contributed by atoms with E-state index in [0.717, 1.165) is 24.4 Å². The minimum absolute atomic E-state index is 0.0419. The van der Waals surface area contributed by atoms with Crippen molar-refractivity contribution in [3.63, 3.8) is 0 Å². The fourth-order valence-corrected chi connectivity index (χ4v) is 4.60. The Morgan fingerprint density at radius 2 is 1.93 bits per heavy atom. The zero-order valence-corrected chi connectivity index (χ0v) is 17.9. The van der Waals surface area contributed by atoms with Gasteiger partial charge in [-0.1, -0.05) is 30.7 Å². The lowest BCUT2D eigenvalue weighted by atomic mass is 9.95. The summed E-state index contributed by atoms with van der Waals surface area (Å²) in [6, 6.07) is 6.47. The monoisotopic (exact) mass is 431 g/mol. The van der Waals surface area contributed by atoms with Crippen LogP contribution in [0.2, 0.25) is 5.02 Å². The predicted molar refractivity (Wildman–Crippen MR) is 115 cm³/mol. The zero-order chi connectivity index (χ0) is 21.3. The average Bonchev–Trinajstić information content (AvgIpc) is 3.16. The van der Waals surface area contributed by atoms with Crippen LogP contribution in [-0.4, -0.2) is 53.5 Å². The highest BCUT2D eigenvalue weighted by Gasteiger charge is 2.34. The van der Waals surface area contributed by atoms with E-state index in [1.165, 1.54) is 5.56 Å². The van der Waals surface area contributed by atoms with Crippen molar-refractivity contribution < 1.29 is 9.18 Å².